The van der Waals surface area contributed by atoms with Crippen molar-refractivity contribution >= 4 is 38.5 Å². The number of hydrogen-bond acceptors (Lipinski definition) is 3. The maximum Gasteiger partial charge on any atom is 0.195 e. The number of thiazole rings is 1. The second-order valence-electron chi connectivity index (χ2n) is 2.00. The first kappa shape index (κ1) is 7.00. The number of carbonyl (C=O) groups excluding carboxylic acids is 1. The van der Waals surface area contributed by atoms with Crippen molar-refractivity contribution in [3.63, 3.8) is 0 Å². The number of halogens is 1. The Labute approximate surface area is 74.8 Å². The Morgan fingerprint density at radius 2 is 2.45 bits per heavy atom. The van der Waals surface area contributed by atoms with Gasteiger partial charge in [-0.15, -0.1) is 0 Å². The van der Waals surface area contributed by atoms with Crippen LogP contribution in [0.25, 0.3) is 4.96 Å². The fourth-order valence-electron chi connectivity index (χ4n) is 0.839. The Hall–Kier alpha value is -0.680. The first-order valence-corrected chi connectivity index (χ1v) is 4.50. The summed E-state index contributed by atoms with van der Waals surface area (Å²) in [4.78, 5) is 16.0. The van der Waals surface area contributed by atoms with Gasteiger partial charge in [0, 0.05) is 12.4 Å². The van der Waals surface area contributed by atoms with Crippen molar-refractivity contribution < 1.29 is 4.79 Å². The molecule has 0 aliphatic heterocycles. The topological polar surface area (TPSA) is 34.4 Å². The number of rotatable bonds is 1. The number of imidazole rings is 1. The van der Waals surface area contributed by atoms with Crippen LogP contribution in [-0.4, -0.2) is 15.7 Å². The van der Waals surface area contributed by atoms with Gasteiger partial charge in [-0.1, -0.05) is 11.3 Å². The Morgan fingerprint density at radius 3 is 3.09 bits per heavy atom. The Bertz CT molecular complexity index is 374. The minimum atomic E-state index is 0.694. The van der Waals surface area contributed by atoms with E-state index in [1.165, 1.54) is 11.3 Å². The predicted octanol–water partition coefficient (Wildman–Crippen LogP) is 1.97. The van der Waals surface area contributed by atoms with Crippen LogP contribution in [0.4, 0.5) is 0 Å². The molecular weight excluding hydrogens is 228 g/mol. The third-order valence-corrected chi connectivity index (χ3v) is 2.56. The number of aromatic nitrogens is 2. The lowest BCUT2D eigenvalue weighted by Crippen LogP contribution is -1.71. The third-order valence-electron chi connectivity index (χ3n) is 1.26. The molecule has 2 aromatic heterocycles. The van der Waals surface area contributed by atoms with Crippen molar-refractivity contribution in [1.82, 2.24) is 9.38 Å². The second-order valence-corrected chi connectivity index (χ2v) is 3.86. The lowest BCUT2D eigenvalue weighted by molar-refractivity contribution is 0.112. The molecule has 0 saturated carbocycles. The van der Waals surface area contributed by atoms with Crippen molar-refractivity contribution in [3.05, 3.63) is 21.9 Å². The molecule has 0 spiro atoms. The number of aldehydes is 1. The van der Waals surface area contributed by atoms with Gasteiger partial charge in [-0.2, -0.15) is 0 Å². The summed E-state index contributed by atoms with van der Waals surface area (Å²) in [5, 5.41) is 0. The maximum absolute atomic E-state index is 10.3. The number of carbonyl (C=O) groups is 1. The zero-order chi connectivity index (χ0) is 7.84. The Balaban J connectivity index is 2.72. The highest BCUT2D eigenvalue weighted by atomic mass is 79.9. The van der Waals surface area contributed by atoms with Gasteiger partial charge < -0.3 is 0 Å². The molecule has 3 nitrogen and oxygen atoms in total. The van der Waals surface area contributed by atoms with Gasteiger partial charge in [0.25, 0.3) is 0 Å². The van der Waals surface area contributed by atoms with Crippen LogP contribution in [0.2, 0.25) is 0 Å². The van der Waals surface area contributed by atoms with Gasteiger partial charge >= 0.3 is 0 Å². The monoisotopic (exact) mass is 230 g/mol. The zero-order valence-corrected chi connectivity index (χ0v) is 7.72. The summed E-state index contributed by atoms with van der Waals surface area (Å²) < 4.78 is 2.61. The van der Waals surface area contributed by atoms with E-state index in [0.29, 0.717) is 4.88 Å². The number of hydrogen-bond donors (Lipinski definition) is 0. The van der Waals surface area contributed by atoms with E-state index in [9.17, 15) is 4.79 Å². The molecule has 0 aliphatic carbocycles. The van der Waals surface area contributed by atoms with E-state index in [0.717, 1.165) is 15.9 Å². The fraction of sp³-hybridized carbons (Fsp3) is 0. The highest BCUT2D eigenvalue weighted by molar-refractivity contribution is 9.10. The van der Waals surface area contributed by atoms with Gasteiger partial charge in [-0.25, -0.2) is 4.98 Å². The van der Waals surface area contributed by atoms with E-state index in [1.807, 2.05) is 10.6 Å². The van der Waals surface area contributed by atoms with Crippen molar-refractivity contribution in [2.24, 2.45) is 0 Å². The van der Waals surface area contributed by atoms with Crippen molar-refractivity contribution in [1.29, 1.82) is 0 Å². The molecule has 2 aromatic rings. The summed E-state index contributed by atoms with van der Waals surface area (Å²) in [6.45, 7) is 0. The molecule has 0 amide bonds. The number of fused-ring (bicyclic) bond motifs is 1. The van der Waals surface area contributed by atoms with Crippen LogP contribution in [-0.2, 0) is 0 Å². The average molecular weight is 231 g/mol. The van der Waals surface area contributed by atoms with E-state index in [4.69, 9.17) is 0 Å². The van der Waals surface area contributed by atoms with Crippen LogP contribution in [0.15, 0.2) is 17.0 Å². The van der Waals surface area contributed by atoms with Crippen LogP contribution in [0.1, 0.15) is 9.67 Å². The molecule has 0 fully saturated rings. The maximum atomic E-state index is 10.3. The standard InChI is InChI=1S/C6H3BrN2OS/c7-5-2-9-1-4(3-10)11-6(9)8-5/h1-3H. The Kier molecular flexibility index (Phi) is 1.54. The fourth-order valence-corrected chi connectivity index (χ4v) is 2.13. The average Bonchev–Trinajstić information content (AvgIpc) is 2.43. The minimum Gasteiger partial charge on any atom is -0.297 e. The molecule has 2 rings (SSSR count). The number of nitrogens with zero attached hydrogens (tertiary/aromatic N) is 2. The molecule has 0 unspecified atom stereocenters. The van der Waals surface area contributed by atoms with E-state index in [2.05, 4.69) is 20.9 Å². The van der Waals surface area contributed by atoms with E-state index in [1.54, 1.807) is 6.20 Å². The molecular formula is C6H3BrN2OS. The summed E-state index contributed by atoms with van der Waals surface area (Å²) in [7, 11) is 0. The van der Waals surface area contributed by atoms with E-state index < -0.39 is 0 Å². The predicted molar refractivity (Wildman–Crippen MR) is 46.2 cm³/mol. The van der Waals surface area contributed by atoms with Gasteiger partial charge in [0.1, 0.15) is 4.60 Å². The van der Waals surface area contributed by atoms with Crippen LogP contribution in [0, 0.1) is 0 Å². The van der Waals surface area contributed by atoms with Crippen LogP contribution >= 0.6 is 27.3 Å². The van der Waals surface area contributed by atoms with Crippen molar-refractivity contribution in [2.45, 2.75) is 0 Å². The molecule has 0 radical (unpaired) electrons. The molecule has 2 heterocycles. The lowest BCUT2D eigenvalue weighted by Gasteiger charge is -1.73. The van der Waals surface area contributed by atoms with E-state index in [-0.39, 0.29) is 0 Å². The smallest absolute Gasteiger partial charge is 0.195 e. The minimum absolute atomic E-state index is 0.694. The van der Waals surface area contributed by atoms with Gasteiger partial charge in [-0.3, -0.25) is 9.20 Å². The normalized spacial score (nSPS) is 10.6. The second kappa shape index (κ2) is 2.42. The van der Waals surface area contributed by atoms with Crippen LogP contribution in [0.3, 0.4) is 0 Å². The molecule has 0 N–H and O–H groups in total. The molecule has 11 heavy (non-hydrogen) atoms. The highest BCUT2D eigenvalue weighted by Crippen LogP contribution is 2.18. The summed E-state index contributed by atoms with van der Waals surface area (Å²) in [5.41, 5.74) is 0. The largest absolute Gasteiger partial charge is 0.297 e. The molecule has 0 atom stereocenters. The lowest BCUT2D eigenvalue weighted by atomic mass is 10.6. The molecule has 0 saturated heterocycles. The summed E-state index contributed by atoms with van der Waals surface area (Å²) in [6, 6.07) is 0. The first-order valence-electron chi connectivity index (χ1n) is 2.89. The molecule has 5 heteroatoms. The molecule has 0 bridgehead atoms. The van der Waals surface area contributed by atoms with Gasteiger partial charge in [-0.05, 0) is 15.9 Å². The summed E-state index contributed by atoms with van der Waals surface area (Å²) in [6.07, 6.45) is 4.40. The summed E-state index contributed by atoms with van der Waals surface area (Å²) >= 11 is 4.61. The van der Waals surface area contributed by atoms with Gasteiger partial charge in [0.15, 0.2) is 11.2 Å². The molecule has 0 aromatic carbocycles. The summed E-state index contributed by atoms with van der Waals surface area (Å²) in [5.74, 6) is 0. The SMILES string of the molecule is O=Cc1cn2cc(Br)nc2s1. The molecule has 0 aliphatic rings. The van der Waals surface area contributed by atoms with Crippen LogP contribution in [0.5, 0.6) is 0 Å². The highest BCUT2D eigenvalue weighted by Gasteiger charge is 2.02. The van der Waals surface area contributed by atoms with E-state index >= 15 is 0 Å². The molecule has 56 valence electrons. The van der Waals surface area contributed by atoms with Crippen molar-refractivity contribution in [2.75, 3.05) is 0 Å². The third kappa shape index (κ3) is 1.10. The van der Waals surface area contributed by atoms with Gasteiger partial charge in [0.2, 0.25) is 0 Å². The quantitative estimate of drug-likeness (QED) is 0.703. The Morgan fingerprint density at radius 1 is 1.64 bits per heavy atom. The first-order chi connectivity index (χ1) is 5.29. The van der Waals surface area contributed by atoms with Crippen LogP contribution < -0.4 is 0 Å². The zero-order valence-electron chi connectivity index (χ0n) is 5.32. The van der Waals surface area contributed by atoms with Gasteiger partial charge in [0.05, 0.1) is 4.88 Å². The van der Waals surface area contributed by atoms with Crippen molar-refractivity contribution in [3.8, 4) is 0 Å².